The predicted molar refractivity (Wildman–Crippen MR) is 119 cm³/mol. The number of carbonyl (C=O) groups is 1. The minimum absolute atomic E-state index is 0.0576. The summed E-state index contributed by atoms with van der Waals surface area (Å²) in [5, 5.41) is 0. The van der Waals surface area contributed by atoms with Crippen LogP contribution in [0.25, 0.3) is 4.85 Å². The Hall–Kier alpha value is -2.95. The van der Waals surface area contributed by atoms with Crippen molar-refractivity contribution in [3.05, 3.63) is 86.8 Å². The summed E-state index contributed by atoms with van der Waals surface area (Å²) >= 11 is 3.47. The summed E-state index contributed by atoms with van der Waals surface area (Å²) < 4.78 is 1.02. The highest BCUT2D eigenvalue weighted by Crippen LogP contribution is 2.32. The second-order valence-corrected chi connectivity index (χ2v) is 8.62. The first-order valence-electron chi connectivity index (χ1n) is 9.91. The zero-order valence-corrected chi connectivity index (χ0v) is 18.0. The van der Waals surface area contributed by atoms with Crippen molar-refractivity contribution in [3.8, 4) is 0 Å². The van der Waals surface area contributed by atoms with Crippen molar-refractivity contribution in [1.29, 1.82) is 0 Å². The molecule has 30 heavy (non-hydrogen) atoms. The normalized spacial score (nSPS) is 18.4. The molecule has 0 atom stereocenters. The number of halogens is 1. The Kier molecular flexibility index (Phi) is 4.89. The Morgan fingerprint density at radius 3 is 2.70 bits per heavy atom. The monoisotopic (exact) mass is 461 g/mol. The Morgan fingerprint density at radius 2 is 1.90 bits per heavy atom. The average molecular weight is 462 g/mol. The summed E-state index contributed by atoms with van der Waals surface area (Å²) in [6.07, 6.45) is 0. The molecule has 1 amide bonds. The van der Waals surface area contributed by atoms with E-state index < -0.39 is 0 Å². The zero-order valence-electron chi connectivity index (χ0n) is 16.4. The van der Waals surface area contributed by atoms with E-state index in [-0.39, 0.29) is 5.91 Å². The van der Waals surface area contributed by atoms with E-state index in [9.17, 15) is 4.79 Å². The second-order valence-electron chi connectivity index (χ2n) is 7.70. The van der Waals surface area contributed by atoms with E-state index in [1.807, 2.05) is 53.4 Å². The van der Waals surface area contributed by atoms with E-state index in [4.69, 9.17) is 6.57 Å². The lowest BCUT2D eigenvalue weighted by Gasteiger charge is -2.35. The van der Waals surface area contributed by atoms with E-state index in [2.05, 4.69) is 35.6 Å². The smallest absolute Gasteiger partial charge is 0.259 e. The standard InChI is InChI=1S/C23H20BrN5O/c1-25-19-4-2-3-17(11-19)12-27-14-20-21(15-27)28-10-9-26-23(28)29(22(20)30)13-16-5-7-18(24)8-6-16/h2-8,11H,9-10,12-15H2. The molecule has 0 fully saturated rings. The van der Waals surface area contributed by atoms with Crippen LogP contribution in [-0.2, 0) is 17.9 Å². The van der Waals surface area contributed by atoms with Gasteiger partial charge >= 0.3 is 0 Å². The number of amides is 1. The maximum Gasteiger partial charge on any atom is 0.259 e. The van der Waals surface area contributed by atoms with Gasteiger partial charge in [-0.15, -0.1) is 0 Å². The molecule has 150 valence electrons. The van der Waals surface area contributed by atoms with Crippen LogP contribution < -0.4 is 0 Å². The number of hydrogen-bond donors (Lipinski definition) is 0. The van der Waals surface area contributed by atoms with Crippen molar-refractivity contribution in [1.82, 2.24) is 14.7 Å². The highest BCUT2D eigenvalue weighted by molar-refractivity contribution is 9.10. The number of fused-ring (bicyclic) bond motifs is 2. The van der Waals surface area contributed by atoms with Crippen molar-refractivity contribution < 1.29 is 4.79 Å². The Balaban J connectivity index is 1.37. The Morgan fingerprint density at radius 1 is 1.07 bits per heavy atom. The van der Waals surface area contributed by atoms with Gasteiger partial charge in [-0.1, -0.05) is 52.3 Å². The third-order valence-corrected chi connectivity index (χ3v) is 6.22. The van der Waals surface area contributed by atoms with Gasteiger partial charge in [-0.3, -0.25) is 19.6 Å². The van der Waals surface area contributed by atoms with Crippen molar-refractivity contribution in [2.75, 3.05) is 26.2 Å². The predicted octanol–water partition coefficient (Wildman–Crippen LogP) is 3.78. The number of benzene rings is 2. The molecule has 0 aromatic heterocycles. The third kappa shape index (κ3) is 3.42. The number of guanidine groups is 1. The number of carbonyl (C=O) groups excluding carboxylic acids is 1. The lowest BCUT2D eigenvalue weighted by molar-refractivity contribution is -0.125. The molecular weight excluding hydrogens is 442 g/mol. The largest absolute Gasteiger partial charge is 0.312 e. The van der Waals surface area contributed by atoms with Crippen molar-refractivity contribution in [2.45, 2.75) is 13.1 Å². The Labute approximate surface area is 184 Å². The van der Waals surface area contributed by atoms with Crippen LogP contribution >= 0.6 is 15.9 Å². The minimum atomic E-state index is 0.0576. The molecule has 0 spiro atoms. The van der Waals surface area contributed by atoms with Gasteiger partial charge in [0.1, 0.15) is 0 Å². The number of aliphatic imine (C=N–C) groups is 1. The highest BCUT2D eigenvalue weighted by atomic mass is 79.9. The molecular formula is C23H20BrN5O. The molecule has 3 aliphatic heterocycles. The van der Waals surface area contributed by atoms with Crippen LogP contribution in [0.1, 0.15) is 11.1 Å². The third-order valence-electron chi connectivity index (χ3n) is 5.69. The molecule has 0 saturated carbocycles. The van der Waals surface area contributed by atoms with Gasteiger partial charge < -0.3 is 4.90 Å². The molecule has 0 aliphatic carbocycles. The number of nitrogens with zero attached hydrogens (tertiary/aromatic N) is 5. The second kappa shape index (κ2) is 7.71. The summed E-state index contributed by atoms with van der Waals surface area (Å²) in [5.74, 6) is 0.834. The lowest BCUT2D eigenvalue weighted by Crippen LogP contribution is -2.49. The van der Waals surface area contributed by atoms with E-state index in [0.29, 0.717) is 25.3 Å². The number of rotatable bonds is 4. The van der Waals surface area contributed by atoms with Crippen LogP contribution in [0.3, 0.4) is 0 Å². The summed E-state index contributed by atoms with van der Waals surface area (Å²) in [4.78, 5) is 27.9. The molecule has 3 heterocycles. The maximum absolute atomic E-state index is 13.4. The van der Waals surface area contributed by atoms with E-state index >= 15 is 0 Å². The van der Waals surface area contributed by atoms with Crippen LogP contribution in [0, 0.1) is 6.57 Å². The first-order valence-corrected chi connectivity index (χ1v) is 10.7. The fraction of sp³-hybridized carbons (Fsp3) is 0.261. The van der Waals surface area contributed by atoms with Gasteiger partial charge in [-0.05, 0) is 23.3 Å². The van der Waals surface area contributed by atoms with Crippen LogP contribution in [0.15, 0.2) is 69.3 Å². The van der Waals surface area contributed by atoms with Crippen molar-refractivity contribution >= 4 is 33.5 Å². The van der Waals surface area contributed by atoms with Gasteiger partial charge in [0.15, 0.2) is 5.69 Å². The summed E-state index contributed by atoms with van der Waals surface area (Å²) in [7, 11) is 0. The van der Waals surface area contributed by atoms with Gasteiger partial charge in [0.2, 0.25) is 5.96 Å². The van der Waals surface area contributed by atoms with Gasteiger partial charge in [0.05, 0.1) is 25.2 Å². The van der Waals surface area contributed by atoms with Gasteiger partial charge in [0, 0.05) is 36.3 Å². The van der Waals surface area contributed by atoms with Crippen LogP contribution in [0.4, 0.5) is 5.69 Å². The molecule has 7 heteroatoms. The van der Waals surface area contributed by atoms with Crippen molar-refractivity contribution in [2.24, 2.45) is 4.99 Å². The molecule has 0 unspecified atom stereocenters. The summed E-state index contributed by atoms with van der Waals surface area (Å²) in [5.41, 5.74) is 4.78. The highest BCUT2D eigenvalue weighted by Gasteiger charge is 2.42. The first-order chi connectivity index (χ1) is 14.6. The molecule has 3 aliphatic rings. The first kappa shape index (κ1) is 19.0. The fourth-order valence-corrected chi connectivity index (χ4v) is 4.57. The lowest BCUT2D eigenvalue weighted by atomic mass is 10.1. The van der Waals surface area contributed by atoms with Crippen molar-refractivity contribution in [3.63, 3.8) is 0 Å². The minimum Gasteiger partial charge on any atom is -0.312 e. The molecule has 0 bridgehead atoms. The molecule has 5 rings (SSSR count). The average Bonchev–Trinajstić information content (AvgIpc) is 3.40. The molecule has 2 aromatic carbocycles. The zero-order chi connectivity index (χ0) is 20.7. The van der Waals surface area contributed by atoms with Gasteiger partial charge in [0.25, 0.3) is 5.91 Å². The van der Waals surface area contributed by atoms with Crippen LogP contribution in [0.5, 0.6) is 0 Å². The van der Waals surface area contributed by atoms with Crippen LogP contribution in [-0.4, -0.2) is 52.7 Å². The fourth-order valence-electron chi connectivity index (χ4n) is 4.30. The Bertz CT molecular complexity index is 1120. The summed E-state index contributed by atoms with van der Waals surface area (Å²) in [6, 6.07) is 15.8. The maximum atomic E-state index is 13.4. The SMILES string of the molecule is [C-]#[N+]c1cccc(CN2CC3=C(C2)N2CCN=C2N(Cc2ccc(Br)cc2)C3=O)c1. The van der Waals surface area contributed by atoms with Gasteiger partial charge in [-0.25, -0.2) is 4.85 Å². The van der Waals surface area contributed by atoms with E-state index in [0.717, 1.165) is 52.5 Å². The molecule has 0 radical (unpaired) electrons. The molecule has 2 aromatic rings. The number of hydrogen-bond acceptors (Lipinski definition) is 4. The van der Waals surface area contributed by atoms with E-state index in [1.165, 1.54) is 0 Å². The topological polar surface area (TPSA) is 43.5 Å². The molecule has 0 saturated heterocycles. The quantitative estimate of drug-likeness (QED) is 0.650. The van der Waals surface area contributed by atoms with Crippen LogP contribution in [0.2, 0.25) is 0 Å². The van der Waals surface area contributed by atoms with E-state index in [1.54, 1.807) is 0 Å². The van der Waals surface area contributed by atoms with Gasteiger partial charge in [-0.2, -0.15) is 0 Å². The summed E-state index contributed by atoms with van der Waals surface area (Å²) in [6.45, 7) is 11.3. The molecule has 0 N–H and O–H groups in total. The molecule has 6 nitrogen and oxygen atoms in total.